The first-order chi connectivity index (χ1) is 34.9. The zero-order chi connectivity index (χ0) is 58.6. The summed E-state index contributed by atoms with van der Waals surface area (Å²) in [6, 6.07) is 34.7. The van der Waals surface area contributed by atoms with Gasteiger partial charge in [-0.3, -0.25) is 14.4 Å². The Kier molecular flexibility index (Phi) is 28.9. The van der Waals surface area contributed by atoms with E-state index in [1.807, 2.05) is 0 Å². The van der Waals surface area contributed by atoms with Crippen molar-refractivity contribution in [2.75, 3.05) is 6.54 Å². The van der Waals surface area contributed by atoms with Crippen molar-refractivity contribution >= 4 is 35.0 Å². The number of ketones is 1. The van der Waals surface area contributed by atoms with Crippen LogP contribution in [0.15, 0.2) is 176 Å². The second kappa shape index (κ2) is 30.6. The van der Waals surface area contributed by atoms with Crippen molar-refractivity contribution in [1.29, 1.82) is 5.26 Å². The summed E-state index contributed by atoms with van der Waals surface area (Å²) in [4.78, 5) is 32.8. The van der Waals surface area contributed by atoms with Gasteiger partial charge in [-0.05, 0) is 23.6 Å². The first kappa shape index (κ1) is 73.6. The predicted molar refractivity (Wildman–Crippen MR) is 254 cm³/mol. The van der Waals surface area contributed by atoms with Crippen LogP contribution in [0.2, 0.25) is 0 Å². The number of Topliss-reactive ketones (excluding diaryl/α,β-unsaturated/α-hetero) is 1. The first-order valence-corrected chi connectivity index (χ1v) is 20.9. The minimum absolute atomic E-state index is 0. The van der Waals surface area contributed by atoms with Crippen molar-refractivity contribution in [2.24, 2.45) is 17.2 Å². The summed E-state index contributed by atoms with van der Waals surface area (Å²) in [6.07, 6.45) is -22.4. The maximum atomic E-state index is 13.4. The minimum atomic E-state index is -5.14. The van der Waals surface area contributed by atoms with E-state index in [9.17, 15) is 90.5 Å². The molecule has 2 amide bonds. The number of hydrogen-bond acceptors (Lipinski definition) is 9. The average molecular weight is 1140 g/mol. The van der Waals surface area contributed by atoms with Crippen LogP contribution in [0, 0.1) is 11.3 Å². The van der Waals surface area contributed by atoms with E-state index in [0.717, 1.165) is 61.5 Å². The number of carbonyl (C=O) groups excluding carboxylic acids is 3. The van der Waals surface area contributed by atoms with Gasteiger partial charge in [0, 0.05) is 23.2 Å². The van der Waals surface area contributed by atoms with E-state index >= 15 is 0 Å². The second-order valence-corrected chi connectivity index (χ2v) is 15.1. The van der Waals surface area contributed by atoms with Crippen LogP contribution < -0.4 is 36.1 Å². The summed E-state index contributed by atoms with van der Waals surface area (Å²) in [5.41, 5.74) is -0.151. The van der Waals surface area contributed by atoms with E-state index in [2.05, 4.69) is 12.3 Å². The quantitative estimate of drug-likeness (QED) is 0.0293. The fourth-order valence-corrected chi connectivity index (χ4v) is 5.84. The van der Waals surface area contributed by atoms with Crippen LogP contribution in [0.25, 0.3) is 0 Å². The summed E-state index contributed by atoms with van der Waals surface area (Å²) < 4.78 is 192. The molecule has 0 aliphatic rings. The van der Waals surface area contributed by atoms with Gasteiger partial charge in [-0.25, -0.2) is 0 Å². The van der Waals surface area contributed by atoms with Crippen LogP contribution in [-0.2, 0) is 37.7 Å². The van der Waals surface area contributed by atoms with Crippen LogP contribution in [0.3, 0.4) is 0 Å². The number of carbonyl (C=O) groups is 3. The van der Waals surface area contributed by atoms with Gasteiger partial charge in [-0.1, -0.05) is 170 Å². The Morgan fingerprint density at radius 2 is 0.962 bits per heavy atom. The van der Waals surface area contributed by atoms with Crippen LogP contribution in [-0.4, -0.2) is 93.3 Å². The molecule has 5 rings (SSSR count). The molecule has 11 nitrogen and oxygen atoms in total. The number of amides is 2. The zero-order valence-electron chi connectivity index (χ0n) is 41.0. The van der Waals surface area contributed by atoms with Crippen LogP contribution >= 0.6 is 0 Å². The largest absolute Gasteiger partial charge is 1.00 e. The molecule has 0 aliphatic heterocycles. The summed E-state index contributed by atoms with van der Waals surface area (Å²) in [5.74, 6) is -5.26. The van der Waals surface area contributed by atoms with Gasteiger partial charge in [0.15, 0.2) is 23.0 Å². The molecule has 0 bridgehead atoms. The fraction of sp³-hybridized carbons (Fsp3) is 0.240. The normalized spacial score (nSPS) is 14.6. The number of alkyl halides is 15. The van der Waals surface area contributed by atoms with Crippen molar-refractivity contribution in [3.05, 3.63) is 204 Å². The number of nitrogens with zero attached hydrogens (tertiary/aromatic N) is 1. The summed E-state index contributed by atoms with van der Waals surface area (Å²) >= 11 is 0. The van der Waals surface area contributed by atoms with E-state index in [1.165, 1.54) is 72.8 Å². The number of benzene rings is 5. The molecule has 0 aliphatic carbocycles. The number of aliphatic hydroxyl groups is 3. The molecule has 78 heavy (non-hydrogen) atoms. The van der Waals surface area contributed by atoms with Crippen molar-refractivity contribution in [1.82, 2.24) is 0 Å². The molecule has 0 saturated carbocycles. The Balaban J connectivity index is -0.000000917. The van der Waals surface area contributed by atoms with E-state index in [1.54, 1.807) is 42.5 Å². The maximum absolute atomic E-state index is 13.4. The standard InChI is InChI=1S/C15H16F3NO2.C9H8F3NO2.C9H10F3NO.C9H6F3NO.C8H5F3O.Al.Li.4H/c1-3-7-11(2)14(13(19)20,15(16,17)18)21-10-12-8-5-4-6-9-12;10-9(11,12)8(15,7(13)14)6-4-2-1-3-5-6;2*10-9(11,12)8(14,6-13)7-4-2-1-3-5-7;9-8(10,11)7(12)6-4-2-1-3-5-6;;;;;;/h3-9H,1,10H2,2H3,(H2,19,20);1-5,15H,(H2,13,14);1-5,14H,6,13H2;1-5,14H;1-5H;;;;;;/q;;;;;;+1;;;;-1/b11-7+;;;;;;;;;;. The number of nitrogens with two attached hydrogens (primary N) is 3. The SMILES string of the molecule is C=C/C=C(\C)C(OCc1ccccc1)(C(N)=O)C(F)(F)F.N#CC(O)(c1ccccc1)C(F)(F)F.NC(=O)C(O)(c1ccccc1)C(F)(F)F.NCC(O)(c1ccccc1)C(F)(F)F.O=C(c1ccccc1)C(F)(F)F.[AlH3].[H-].[Li+]. The molecule has 0 fully saturated rings. The molecule has 0 spiro atoms. The number of ether oxygens (including phenoxy) is 1. The summed E-state index contributed by atoms with van der Waals surface area (Å²) in [5, 5.41) is 36.2. The Hall–Kier alpha value is -6.44. The Morgan fingerprint density at radius 1 is 0.590 bits per heavy atom. The van der Waals surface area contributed by atoms with E-state index in [-0.39, 0.29) is 54.3 Å². The smallest absolute Gasteiger partial charge is 1.00 e. The third-order valence-corrected chi connectivity index (χ3v) is 10.00. The number of halogens is 15. The van der Waals surface area contributed by atoms with E-state index in [0.29, 0.717) is 5.56 Å². The second-order valence-electron chi connectivity index (χ2n) is 15.1. The molecule has 0 aromatic heterocycles. The monoisotopic (exact) mass is 1140 g/mol. The molecule has 28 heteroatoms. The molecule has 4 unspecified atom stereocenters. The third-order valence-electron chi connectivity index (χ3n) is 10.00. The van der Waals surface area contributed by atoms with Crippen molar-refractivity contribution in [3.8, 4) is 6.07 Å². The van der Waals surface area contributed by atoms with E-state index in [4.69, 9.17) is 26.6 Å². The number of hydrogen-bond donors (Lipinski definition) is 6. The Bertz CT molecular complexity index is 2710. The maximum Gasteiger partial charge on any atom is 1.00 e. The molecule has 4 atom stereocenters. The van der Waals surface area contributed by atoms with Crippen molar-refractivity contribution < 1.29 is 121 Å². The van der Waals surface area contributed by atoms with Gasteiger partial charge in [0.1, 0.15) is 6.07 Å². The van der Waals surface area contributed by atoms with Crippen molar-refractivity contribution in [3.63, 3.8) is 0 Å². The van der Waals surface area contributed by atoms with Crippen molar-refractivity contribution in [2.45, 2.75) is 66.8 Å². The molecule has 5 aromatic rings. The summed E-state index contributed by atoms with van der Waals surface area (Å²) in [6.45, 7) is 3.17. The van der Waals surface area contributed by atoms with Gasteiger partial charge >= 0.3 is 49.7 Å². The molecule has 5 aromatic carbocycles. The summed E-state index contributed by atoms with van der Waals surface area (Å²) in [7, 11) is 0. The van der Waals surface area contributed by atoms with E-state index < -0.39 is 95.2 Å². The molecule has 9 N–H and O–H groups in total. The van der Waals surface area contributed by atoms with Crippen LogP contribution in [0.4, 0.5) is 65.9 Å². The number of allylic oxidation sites excluding steroid dienone is 2. The van der Waals surface area contributed by atoms with Gasteiger partial charge < -0.3 is 38.7 Å². The molecule has 420 valence electrons. The Labute approximate surface area is 459 Å². The molecule has 0 heterocycles. The zero-order valence-corrected chi connectivity index (χ0v) is 40.0. The van der Waals surface area contributed by atoms with Gasteiger partial charge in [-0.15, -0.1) is 0 Å². The van der Waals surface area contributed by atoms with Crippen LogP contribution in [0.1, 0.15) is 41.0 Å². The Morgan fingerprint density at radius 3 is 1.26 bits per heavy atom. The third kappa shape index (κ3) is 19.2. The van der Waals surface area contributed by atoms with Gasteiger partial charge in [0.25, 0.3) is 34.4 Å². The van der Waals surface area contributed by atoms with Crippen LogP contribution in [0.5, 0.6) is 0 Å². The molecule has 0 saturated heterocycles. The molecule has 0 radical (unpaired) electrons. The van der Waals surface area contributed by atoms with Gasteiger partial charge in [-0.2, -0.15) is 71.1 Å². The molecular formula is C50H49AlF15LiN4O7. The van der Waals surface area contributed by atoms with Gasteiger partial charge in [0.05, 0.1) is 6.61 Å². The topological polar surface area (TPSA) is 223 Å². The first-order valence-electron chi connectivity index (χ1n) is 20.9. The fourth-order valence-electron chi connectivity index (χ4n) is 5.84. The average Bonchev–Trinajstić information content (AvgIpc) is 3.36. The number of primary amides is 2. The molecular weight excluding hydrogens is 1090 g/mol. The number of rotatable bonds is 12. The minimum Gasteiger partial charge on any atom is -1.00 e. The number of nitriles is 1. The predicted octanol–water partition coefficient (Wildman–Crippen LogP) is 5.76. The van der Waals surface area contributed by atoms with Gasteiger partial charge in [0.2, 0.25) is 0 Å².